The zero-order valence-corrected chi connectivity index (χ0v) is 18.0. The van der Waals surface area contributed by atoms with Crippen molar-refractivity contribution in [3.8, 4) is 0 Å². The first-order valence-electron chi connectivity index (χ1n) is 9.45. The third kappa shape index (κ3) is 11.4. The van der Waals surface area contributed by atoms with Crippen LogP contribution in [0.1, 0.15) is 52.8 Å². The van der Waals surface area contributed by atoms with Crippen LogP contribution in [0.25, 0.3) is 0 Å². The topological polar surface area (TPSA) is 83.2 Å². The van der Waals surface area contributed by atoms with Gasteiger partial charge in [-0.25, -0.2) is 0 Å². The number of ether oxygens (including phenoxy) is 1. The van der Waals surface area contributed by atoms with Gasteiger partial charge in [-0.15, -0.1) is 0 Å². The lowest BCUT2D eigenvalue weighted by Gasteiger charge is -2.20. The standard InChI is InChI=1S/C12H17FN2O.C7H16N2.C2H6.H2/c1-8(7-13)11(16-2)9-3-5-10(6-4-9)12(14)15;1-4-7(9-3)5-6-8-2;1-2;/h3-6,8,11H,7H2,1-2H3,(H3,14,15);4,8-9H,5-6H2,1-3H3;1-2H3;1H/b;7-4-;;/t8-,11+;;;/m1.../s1. The first-order chi connectivity index (χ1) is 12.9. The molecule has 2 atom stereocenters. The Hall–Kier alpha value is -1.92. The quantitative estimate of drug-likeness (QED) is 0.379. The van der Waals surface area contributed by atoms with Gasteiger partial charge < -0.3 is 21.1 Å². The van der Waals surface area contributed by atoms with E-state index in [0.717, 1.165) is 18.5 Å². The Kier molecular flexibility index (Phi) is 17.7. The maximum absolute atomic E-state index is 12.6. The second-order valence-electron chi connectivity index (χ2n) is 5.74. The molecule has 0 aliphatic rings. The number of benzene rings is 1. The van der Waals surface area contributed by atoms with E-state index in [9.17, 15) is 4.39 Å². The Bertz CT molecular complexity index is 524. The first kappa shape index (κ1) is 27.3. The van der Waals surface area contributed by atoms with Crippen molar-refractivity contribution in [3.63, 3.8) is 0 Å². The van der Waals surface area contributed by atoms with Crippen molar-refractivity contribution in [2.24, 2.45) is 11.7 Å². The Morgan fingerprint density at radius 3 is 2.19 bits per heavy atom. The molecule has 6 heteroatoms. The monoisotopic (exact) mass is 384 g/mol. The second-order valence-corrected chi connectivity index (χ2v) is 5.74. The molecular weight excluding hydrogens is 343 g/mol. The smallest absolute Gasteiger partial charge is 0.122 e. The van der Waals surface area contributed by atoms with Crippen LogP contribution in [0.2, 0.25) is 0 Å². The van der Waals surface area contributed by atoms with Crippen molar-refractivity contribution in [2.75, 3.05) is 34.4 Å². The molecule has 1 rings (SSSR count). The van der Waals surface area contributed by atoms with Crippen molar-refractivity contribution in [3.05, 3.63) is 47.2 Å². The van der Waals surface area contributed by atoms with E-state index in [1.165, 1.54) is 5.70 Å². The van der Waals surface area contributed by atoms with E-state index in [-0.39, 0.29) is 19.3 Å². The molecule has 0 aliphatic carbocycles. The Morgan fingerprint density at radius 1 is 1.30 bits per heavy atom. The molecule has 158 valence electrons. The van der Waals surface area contributed by atoms with Crippen LogP contribution in [0.3, 0.4) is 0 Å². The molecule has 0 heterocycles. The molecule has 0 saturated heterocycles. The average Bonchev–Trinajstić information content (AvgIpc) is 2.71. The largest absolute Gasteiger partial charge is 0.392 e. The number of nitrogens with one attached hydrogen (secondary N) is 3. The molecule has 0 radical (unpaired) electrons. The van der Waals surface area contributed by atoms with Crippen molar-refractivity contribution in [2.45, 2.75) is 40.2 Å². The molecule has 0 unspecified atom stereocenters. The fraction of sp³-hybridized carbons (Fsp3) is 0.571. The minimum absolute atomic E-state index is 0. The molecule has 0 amide bonds. The molecule has 0 aliphatic heterocycles. The zero-order chi connectivity index (χ0) is 21.2. The summed E-state index contributed by atoms with van der Waals surface area (Å²) < 4.78 is 17.8. The van der Waals surface area contributed by atoms with E-state index >= 15 is 0 Å². The van der Waals surface area contributed by atoms with Crippen LogP contribution in [0.4, 0.5) is 4.39 Å². The van der Waals surface area contributed by atoms with E-state index in [1.807, 2.05) is 47.0 Å². The van der Waals surface area contributed by atoms with Crippen molar-refractivity contribution in [1.82, 2.24) is 10.6 Å². The highest BCUT2D eigenvalue weighted by atomic mass is 19.1. The van der Waals surface area contributed by atoms with Crippen LogP contribution in [-0.2, 0) is 4.74 Å². The number of hydrogen-bond acceptors (Lipinski definition) is 4. The number of rotatable bonds is 9. The lowest BCUT2D eigenvalue weighted by atomic mass is 9.97. The summed E-state index contributed by atoms with van der Waals surface area (Å²) in [4.78, 5) is 0. The molecule has 5 nitrogen and oxygen atoms in total. The molecule has 27 heavy (non-hydrogen) atoms. The van der Waals surface area contributed by atoms with Gasteiger partial charge in [0.25, 0.3) is 0 Å². The molecule has 0 saturated carbocycles. The fourth-order valence-corrected chi connectivity index (χ4v) is 2.30. The van der Waals surface area contributed by atoms with E-state index < -0.39 is 6.67 Å². The van der Waals surface area contributed by atoms with Crippen LogP contribution < -0.4 is 16.4 Å². The third-order valence-corrected chi connectivity index (χ3v) is 3.88. The Labute approximate surface area is 166 Å². The summed E-state index contributed by atoms with van der Waals surface area (Å²) in [7, 11) is 5.48. The second kappa shape index (κ2) is 17.5. The predicted molar refractivity (Wildman–Crippen MR) is 117 cm³/mol. The minimum Gasteiger partial charge on any atom is -0.392 e. The van der Waals surface area contributed by atoms with Crippen molar-refractivity contribution >= 4 is 5.84 Å². The van der Waals surface area contributed by atoms with E-state index in [4.69, 9.17) is 15.9 Å². The molecule has 0 fully saturated rings. The van der Waals surface area contributed by atoms with Crippen LogP contribution in [-0.4, -0.2) is 40.3 Å². The third-order valence-electron chi connectivity index (χ3n) is 3.88. The number of halogens is 1. The summed E-state index contributed by atoms with van der Waals surface area (Å²) in [5.41, 5.74) is 8.21. The van der Waals surface area contributed by atoms with Crippen molar-refractivity contribution < 1.29 is 10.6 Å². The first-order valence-corrected chi connectivity index (χ1v) is 9.45. The highest BCUT2D eigenvalue weighted by molar-refractivity contribution is 5.94. The van der Waals surface area contributed by atoms with Gasteiger partial charge in [0.15, 0.2) is 0 Å². The van der Waals surface area contributed by atoms with E-state index in [2.05, 4.69) is 16.7 Å². The van der Waals surface area contributed by atoms with Gasteiger partial charge in [0.05, 0.1) is 12.8 Å². The number of nitrogen functional groups attached to an aromatic ring is 1. The summed E-state index contributed by atoms with van der Waals surface area (Å²) in [6, 6.07) is 7.12. The molecule has 1 aromatic rings. The number of allylic oxidation sites excluding steroid dienone is 1. The number of nitrogens with two attached hydrogens (primary N) is 1. The summed E-state index contributed by atoms with van der Waals surface area (Å²) in [6.45, 7) is 8.46. The number of hydrogen-bond donors (Lipinski definition) is 4. The van der Waals surface area contributed by atoms with E-state index in [0.29, 0.717) is 5.56 Å². The van der Waals surface area contributed by atoms with Crippen LogP contribution in [0.15, 0.2) is 36.0 Å². The fourth-order valence-electron chi connectivity index (χ4n) is 2.30. The zero-order valence-electron chi connectivity index (χ0n) is 18.0. The Morgan fingerprint density at radius 2 is 1.85 bits per heavy atom. The summed E-state index contributed by atoms with van der Waals surface area (Å²) in [5, 5.41) is 13.5. The van der Waals surface area contributed by atoms with Crippen LogP contribution >= 0.6 is 0 Å². The Balaban J connectivity index is -0.000000448. The maximum Gasteiger partial charge on any atom is 0.122 e. The van der Waals surface area contributed by atoms with Crippen molar-refractivity contribution in [1.29, 1.82) is 5.41 Å². The highest BCUT2D eigenvalue weighted by Crippen LogP contribution is 2.25. The molecule has 0 bridgehead atoms. The molecule has 1 aromatic carbocycles. The molecular formula is C21H41FN4O. The van der Waals surface area contributed by atoms with Gasteiger partial charge in [0.2, 0.25) is 0 Å². The lowest BCUT2D eigenvalue weighted by molar-refractivity contribution is 0.0479. The normalized spacial score (nSPS) is 12.7. The molecule has 5 N–H and O–H groups in total. The molecule has 0 spiro atoms. The van der Waals surface area contributed by atoms with Gasteiger partial charge >= 0.3 is 0 Å². The van der Waals surface area contributed by atoms with Gasteiger partial charge in [-0.05, 0) is 26.0 Å². The van der Waals surface area contributed by atoms with Gasteiger partial charge in [0, 0.05) is 39.3 Å². The van der Waals surface area contributed by atoms with Gasteiger partial charge in [-0.1, -0.05) is 51.1 Å². The SMILES string of the molecule is C/C=C(/CCNC)NC.CC.CO[C@H](c1ccc(C(=N)N)cc1)[C@H](C)CF.[HH]. The van der Waals surface area contributed by atoms with Gasteiger partial charge in [0.1, 0.15) is 5.84 Å². The summed E-state index contributed by atoms with van der Waals surface area (Å²) in [5.74, 6) is -0.160. The minimum atomic E-state index is -0.424. The summed E-state index contributed by atoms with van der Waals surface area (Å²) in [6.07, 6.45) is 2.92. The van der Waals surface area contributed by atoms with Crippen LogP contribution in [0, 0.1) is 11.3 Å². The number of alkyl halides is 1. The number of methoxy groups -OCH3 is 1. The lowest BCUT2D eigenvalue weighted by Crippen LogP contribution is -2.15. The van der Waals surface area contributed by atoms with Gasteiger partial charge in [-0.2, -0.15) is 0 Å². The average molecular weight is 385 g/mol. The predicted octanol–water partition coefficient (Wildman–Crippen LogP) is 4.26. The highest BCUT2D eigenvalue weighted by Gasteiger charge is 2.18. The molecule has 0 aromatic heterocycles. The van der Waals surface area contributed by atoms with Gasteiger partial charge in [-0.3, -0.25) is 9.80 Å². The summed E-state index contributed by atoms with van der Waals surface area (Å²) >= 11 is 0. The van der Waals surface area contributed by atoms with E-state index in [1.54, 1.807) is 26.2 Å². The maximum atomic E-state index is 12.6. The number of amidine groups is 1. The van der Waals surface area contributed by atoms with Crippen LogP contribution in [0.5, 0.6) is 0 Å².